The van der Waals surface area contributed by atoms with Gasteiger partial charge >= 0.3 is 0 Å². The second kappa shape index (κ2) is 6.05. The van der Waals surface area contributed by atoms with Crippen LogP contribution in [0, 0.1) is 3.57 Å². The van der Waals surface area contributed by atoms with E-state index >= 15 is 0 Å². The molecule has 4 N–H and O–H groups in total. The van der Waals surface area contributed by atoms with E-state index in [0.29, 0.717) is 5.56 Å². The number of fused-ring (bicyclic) bond motifs is 1. The number of aromatic amines is 1. The number of aromatic nitrogens is 2. The molecule has 0 saturated heterocycles. The number of nitrogens with zero attached hydrogens (tertiary/aromatic N) is 1. The molecular formula is C16H15IN4O. The number of nitrogens with one attached hydrogen (secondary N) is 2. The molecule has 5 nitrogen and oxygen atoms in total. The Labute approximate surface area is 141 Å². The summed E-state index contributed by atoms with van der Waals surface area (Å²) in [6.45, 7) is 1.91. The van der Waals surface area contributed by atoms with Crippen LogP contribution in [0.2, 0.25) is 0 Å². The Bertz CT molecular complexity index is 824. The maximum atomic E-state index is 12.4. The lowest BCUT2D eigenvalue weighted by Gasteiger charge is -2.09. The highest BCUT2D eigenvalue weighted by Gasteiger charge is 2.12. The molecule has 6 heteroatoms. The van der Waals surface area contributed by atoms with Crippen LogP contribution in [0.1, 0.15) is 28.9 Å². The summed E-state index contributed by atoms with van der Waals surface area (Å²) in [4.78, 5) is 19.7. The summed E-state index contributed by atoms with van der Waals surface area (Å²) >= 11 is 2.22. The molecule has 0 aliphatic carbocycles. The summed E-state index contributed by atoms with van der Waals surface area (Å²) in [6.07, 6.45) is 3.54. The Morgan fingerprint density at radius 3 is 2.73 bits per heavy atom. The molecule has 112 valence electrons. The van der Waals surface area contributed by atoms with Crippen LogP contribution in [0.15, 0.2) is 42.7 Å². The van der Waals surface area contributed by atoms with E-state index < -0.39 is 0 Å². The van der Waals surface area contributed by atoms with Crippen molar-refractivity contribution in [2.75, 3.05) is 5.32 Å². The van der Waals surface area contributed by atoms with Gasteiger partial charge < -0.3 is 16.0 Å². The minimum Gasteiger partial charge on any atom is -0.345 e. The quantitative estimate of drug-likeness (QED) is 0.583. The van der Waals surface area contributed by atoms with Crippen molar-refractivity contribution in [2.45, 2.75) is 13.0 Å². The van der Waals surface area contributed by atoms with Gasteiger partial charge in [0, 0.05) is 27.6 Å². The van der Waals surface area contributed by atoms with Gasteiger partial charge in [-0.25, -0.2) is 4.98 Å². The van der Waals surface area contributed by atoms with Crippen LogP contribution in [0.25, 0.3) is 11.0 Å². The first-order valence-corrected chi connectivity index (χ1v) is 7.92. The van der Waals surface area contributed by atoms with Crippen molar-refractivity contribution in [2.24, 2.45) is 5.73 Å². The molecule has 3 rings (SSSR count). The Hall–Kier alpha value is -1.93. The van der Waals surface area contributed by atoms with Gasteiger partial charge in [-0.1, -0.05) is 12.1 Å². The topological polar surface area (TPSA) is 83.8 Å². The fourth-order valence-electron chi connectivity index (χ4n) is 2.25. The number of amides is 1. The lowest BCUT2D eigenvalue weighted by atomic mass is 10.1. The normalized spacial score (nSPS) is 12.3. The van der Waals surface area contributed by atoms with Gasteiger partial charge in [-0.15, -0.1) is 0 Å². The zero-order valence-electron chi connectivity index (χ0n) is 11.9. The smallest absolute Gasteiger partial charge is 0.255 e. The van der Waals surface area contributed by atoms with Crippen LogP contribution in [-0.4, -0.2) is 15.9 Å². The second-order valence-corrected chi connectivity index (χ2v) is 6.25. The number of benzene rings is 1. The van der Waals surface area contributed by atoms with E-state index in [9.17, 15) is 4.79 Å². The third kappa shape index (κ3) is 2.84. The van der Waals surface area contributed by atoms with Crippen LogP contribution >= 0.6 is 22.6 Å². The van der Waals surface area contributed by atoms with E-state index in [-0.39, 0.29) is 11.9 Å². The van der Waals surface area contributed by atoms with Gasteiger partial charge in [-0.05, 0) is 53.3 Å². The maximum absolute atomic E-state index is 12.4. The predicted octanol–water partition coefficient (Wildman–Crippen LogP) is 3.44. The summed E-state index contributed by atoms with van der Waals surface area (Å²) in [7, 11) is 0. The first-order valence-electron chi connectivity index (χ1n) is 6.84. The molecule has 1 amide bonds. The van der Waals surface area contributed by atoms with E-state index in [4.69, 9.17) is 5.73 Å². The van der Waals surface area contributed by atoms with Gasteiger partial charge in [0.25, 0.3) is 5.91 Å². The number of hydrogen-bond acceptors (Lipinski definition) is 3. The van der Waals surface area contributed by atoms with Gasteiger partial charge in [0.15, 0.2) is 0 Å². The van der Waals surface area contributed by atoms with E-state index in [1.54, 1.807) is 24.4 Å². The Morgan fingerprint density at radius 1 is 1.32 bits per heavy atom. The first-order chi connectivity index (χ1) is 10.6. The number of hydrogen-bond donors (Lipinski definition) is 3. The number of nitrogens with two attached hydrogens (primary N) is 1. The molecule has 3 aromatic rings. The Kier molecular flexibility index (Phi) is 4.12. The van der Waals surface area contributed by atoms with E-state index in [2.05, 4.69) is 37.9 Å². The number of H-pyrrole nitrogens is 1. The van der Waals surface area contributed by atoms with Crippen molar-refractivity contribution in [1.29, 1.82) is 0 Å². The Morgan fingerprint density at radius 2 is 2.05 bits per heavy atom. The summed E-state index contributed by atoms with van der Waals surface area (Å²) in [5, 5.41) is 3.86. The van der Waals surface area contributed by atoms with Crippen LogP contribution < -0.4 is 11.1 Å². The fraction of sp³-hybridized carbons (Fsp3) is 0.125. The van der Waals surface area contributed by atoms with Crippen LogP contribution in [0.4, 0.5) is 5.69 Å². The van der Waals surface area contributed by atoms with Crippen molar-refractivity contribution in [1.82, 2.24) is 9.97 Å². The molecule has 0 radical (unpaired) electrons. The molecule has 1 aromatic carbocycles. The van der Waals surface area contributed by atoms with Crippen molar-refractivity contribution in [3.8, 4) is 0 Å². The second-order valence-electron chi connectivity index (χ2n) is 5.08. The summed E-state index contributed by atoms with van der Waals surface area (Å²) in [5.74, 6) is -0.152. The minimum absolute atomic E-state index is 0.0432. The largest absolute Gasteiger partial charge is 0.345 e. The van der Waals surface area contributed by atoms with E-state index in [1.807, 2.05) is 25.3 Å². The van der Waals surface area contributed by atoms with Gasteiger partial charge in [0.1, 0.15) is 5.65 Å². The van der Waals surface area contributed by atoms with Crippen molar-refractivity contribution in [3.63, 3.8) is 0 Å². The molecule has 0 aliphatic rings. The van der Waals surface area contributed by atoms with E-state index in [0.717, 1.165) is 25.9 Å². The monoisotopic (exact) mass is 406 g/mol. The fourth-order valence-corrected chi connectivity index (χ4v) is 2.96. The molecule has 0 unspecified atom stereocenters. The first kappa shape index (κ1) is 15.0. The summed E-state index contributed by atoms with van der Waals surface area (Å²) in [5.41, 5.74) is 8.92. The molecular weight excluding hydrogens is 391 g/mol. The standard InChI is InChI=1S/C16H15IN4O/c1-9(18)10-2-4-11(5-3-10)16(22)21-13-6-7-19-15-14(13)12(17)8-20-15/h2-9H,18H2,1H3,(H2,19,20,21,22)/t9-/m1/s1. The molecule has 0 bridgehead atoms. The third-order valence-corrected chi connectivity index (χ3v) is 4.32. The number of pyridine rings is 1. The highest BCUT2D eigenvalue weighted by molar-refractivity contribution is 14.1. The number of carbonyl (C=O) groups excluding carboxylic acids is 1. The molecule has 0 fully saturated rings. The summed E-state index contributed by atoms with van der Waals surface area (Å²) < 4.78 is 1.02. The molecule has 0 aliphatic heterocycles. The molecule has 1 atom stereocenters. The van der Waals surface area contributed by atoms with Crippen molar-refractivity contribution in [3.05, 3.63) is 57.4 Å². The Balaban J connectivity index is 1.88. The predicted molar refractivity (Wildman–Crippen MR) is 95.8 cm³/mol. The third-order valence-electron chi connectivity index (χ3n) is 3.47. The molecule has 0 spiro atoms. The number of rotatable bonds is 3. The average molecular weight is 406 g/mol. The number of carbonyl (C=O) groups is 1. The van der Waals surface area contributed by atoms with E-state index in [1.165, 1.54) is 0 Å². The minimum atomic E-state index is -0.152. The zero-order chi connectivity index (χ0) is 15.7. The van der Waals surface area contributed by atoms with Gasteiger partial charge in [0.2, 0.25) is 0 Å². The van der Waals surface area contributed by atoms with Gasteiger partial charge in [0.05, 0.1) is 11.1 Å². The van der Waals surface area contributed by atoms with Gasteiger partial charge in [-0.2, -0.15) is 0 Å². The maximum Gasteiger partial charge on any atom is 0.255 e. The summed E-state index contributed by atoms with van der Waals surface area (Å²) in [6, 6.07) is 9.08. The highest BCUT2D eigenvalue weighted by atomic mass is 127. The number of anilines is 1. The lowest BCUT2D eigenvalue weighted by molar-refractivity contribution is 0.102. The van der Waals surface area contributed by atoms with Crippen LogP contribution in [0.5, 0.6) is 0 Å². The van der Waals surface area contributed by atoms with Crippen molar-refractivity contribution >= 4 is 45.2 Å². The zero-order valence-corrected chi connectivity index (χ0v) is 14.1. The van der Waals surface area contributed by atoms with Crippen LogP contribution in [0.3, 0.4) is 0 Å². The molecule has 22 heavy (non-hydrogen) atoms. The average Bonchev–Trinajstić information content (AvgIpc) is 2.90. The molecule has 0 saturated carbocycles. The SMILES string of the molecule is C[C@@H](N)c1ccc(C(=O)Nc2ccnc3[nH]cc(I)c23)cc1. The van der Waals surface area contributed by atoms with Crippen molar-refractivity contribution < 1.29 is 4.79 Å². The highest BCUT2D eigenvalue weighted by Crippen LogP contribution is 2.26. The van der Waals surface area contributed by atoms with Crippen LogP contribution in [-0.2, 0) is 0 Å². The molecule has 2 heterocycles. The lowest BCUT2D eigenvalue weighted by Crippen LogP contribution is -2.13. The number of halogens is 1. The van der Waals surface area contributed by atoms with Gasteiger partial charge in [-0.3, -0.25) is 4.79 Å². The molecule has 2 aromatic heterocycles.